The van der Waals surface area contributed by atoms with Crippen LogP contribution in [-0.4, -0.2) is 18.1 Å². The Bertz CT molecular complexity index is 290. The molecular formula is C8H9ClN2O. The summed E-state index contributed by atoms with van der Waals surface area (Å²) in [5.41, 5.74) is 0. The second kappa shape index (κ2) is 3.19. The Morgan fingerprint density at radius 1 is 1.58 bits per heavy atom. The smallest absolute Gasteiger partial charge is 0.168 e. The maximum Gasteiger partial charge on any atom is 0.168 e. The van der Waals surface area contributed by atoms with Gasteiger partial charge in [-0.1, -0.05) is 11.6 Å². The number of hydrogen-bond donors (Lipinski definition) is 1. The summed E-state index contributed by atoms with van der Waals surface area (Å²) in [6.45, 7) is 1.63. The molecule has 0 spiro atoms. The van der Waals surface area contributed by atoms with Gasteiger partial charge in [0.25, 0.3) is 0 Å². The molecule has 0 aromatic carbocycles. The van der Waals surface area contributed by atoms with Crippen molar-refractivity contribution in [3.63, 3.8) is 0 Å². The number of aromatic nitrogens is 1. The van der Waals surface area contributed by atoms with E-state index in [0.29, 0.717) is 5.02 Å². The summed E-state index contributed by atoms with van der Waals surface area (Å²) < 4.78 is 5.42. The van der Waals surface area contributed by atoms with Crippen molar-refractivity contribution in [1.82, 2.24) is 4.98 Å². The van der Waals surface area contributed by atoms with E-state index in [9.17, 15) is 0 Å². The van der Waals surface area contributed by atoms with Gasteiger partial charge in [-0.3, -0.25) is 0 Å². The van der Waals surface area contributed by atoms with Crippen LogP contribution in [0.15, 0.2) is 12.3 Å². The van der Waals surface area contributed by atoms with Gasteiger partial charge in [-0.05, 0) is 6.42 Å². The normalized spacial score (nSPS) is 15.4. The zero-order valence-electron chi connectivity index (χ0n) is 6.51. The third kappa shape index (κ3) is 1.46. The van der Waals surface area contributed by atoms with Gasteiger partial charge in [0.15, 0.2) is 11.6 Å². The van der Waals surface area contributed by atoms with Crippen molar-refractivity contribution in [2.45, 2.75) is 6.42 Å². The van der Waals surface area contributed by atoms with E-state index >= 15 is 0 Å². The number of fused-ring (bicyclic) bond motifs is 1. The fraction of sp³-hybridized carbons (Fsp3) is 0.375. The predicted octanol–water partition coefficient (Wildman–Crippen LogP) is 1.93. The highest BCUT2D eigenvalue weighted by Gasteiger charge is 2.08. The number of pyridine rings is 1. The molecule has 1 aromatic rings. The van der Waals surface area contributed by atoms with Gasteiger partial charge < -0.3 is 10.1 Å². The van der Waals surface area contributed by atoms with Crippen molar-refractivity contribution in [3.05, 3.63) is 17.3 Å². The van der Waals surface area contributed by atoms with Crippen molar-refractivity contribution in [2.24, 2.45) is 0 Å². The lowest BCUT2D eigenvalue weighted by Gasteiger charge is -2.05. The second-order valence-electron chi connectivity index (χ2n) is 2.63. The molecule has 0 fully saturated rings. The summed E-state index contributed by atoms with van der Waals surface area (Å²) in [5, 5.41) is 3.77. The number of nitrogens with zero attached hydrogens (tertiary/aromatic N) is 1. The van der Waals surface area contributed by atoms with E-state index < -0.39 is 0 Å². The second-order valence-corrected chi connectivity index (χ2v) is 3.07. The number of rotatable bonds is 0. The predicted molar refractivity (Wildman–Crippen MR) is 47.8 cm³/mol. The molecule has 12 heavy (non-hydrogen) atoms. The van der Waals surface area contributed by atoms with Crippen LogP contribution in [0.3, 0.4) is 0 Å². The molecule has 0 radical (unpaired) electrons. The minimum absolute atomic E-state index is 0.609. The first-order chi connectivity index (χ1) is 5.86. The molecule has 64 valence electrons. The highest BCUT2D eigenvalue weighted by molar-refractivity contribution is 6.30. The molecule has 0 saturated heterocycles. The van der Waals surface area contributed by atoms with Crippen LogP contribution in [0.4, 0.5) is 5.82 Å². The highest BCUT2D eigenvalue weighted by Crippen LogP contribution is 2.26. The molecule has 1 aliphatic heterocycles. The maximum atomic E-state index is 5.76. The molecule has 0 amide bonds. The van der Waals surface area contributed by atoms with Crippen LogP contribution in [0.2, 0.25) is 5.02 Å². The number of ether oxygens (including phenoxy) is 1. The molecule has 0 bridgehead atoms. The van der Waals surface area contributed by atoms with Gasteiger partial charge in [-0.2, -0.15) is 0 Å². The molecule has 0 atom stereocenters. The van der Waals surface area contributed by atoms with Crippen LogP contribution in [0, 0.1) is 0 Å². The lowest BCUT2D eigenvalue weighted by molar-refractivity contribution is 0.322. The number of nitrogens with one attached hydrogen (secondary N) is 1. The Kier molecular flexibility index (Phi) is 2.04. The van der Waals surface area contributed by atoms with E-state index in [-0.39, 0.29) is 0 Å². The quantitative estimate of drug-likeness (QED) is 0.669. The van der Waals surface area contributed by atoms with E-state index in [0.717, 1.165) is 31.1 Å². The fourth-order valence-corrected chi connectivity index (χ4v) is 1.27. The molecule has 2 rings (SSSR count). The van der Waals surface area contributed by atoms with Crippen molar-refractivity contribution in [1.29, 1.82) is 0 Å². The van der Waals surface area contributed by atoms with Crippen LogP contribution in [-0.2, 0) is 0 Å². The highest BCUT2D eigenvalue weighted by atomic mass is 35.5. The number of anilines is 1. The summed E-state index contributed by atoms with van der Waals surface area (Å²) in [6, 6.07) is 1.78. The molecule has 3 nitrogen and oxygen atoms in total. The molecule has 4 heteroatoms. The minimum Gasteiger partial charge on any atom is -0.490 e. The van der Waals surface area contributed by atoms with Crippen LogP contribution in [0.25, 0.3) is 0 Å². The number of halogens is 1. The summed E-state index contributed by atoms with van der Waals surface area (Å²) in [5.74, 6) is 1.54. The monoisotopic (exact) mass is 184 g/mol. The fourth-order valence-electron chi connectivity index (χ4n) is 1.12. The van der Waals surface area contributed by atoms with Crippen molar-refractivity contribution >= 4 is 17.4 Å². The van der Waals surface area contributed by atoms with Crippen LogP contribution < -0.4 is 10.1 Å². The van der Waals surface area contributed by atoms with Gasteiger partial charge >= 0.3 is 0 Å². The maximum absolute atomic E-state index is 5.76. The lowest BCUT2D eigenvalue weighted by Crippen LogP contribution is -2.00. The first-order valence-corrected chi connectivity index (χ1v) is 4.26. The molecule has 1 N–H and O–H groups in total. The van der Waals surface area contributed by atoms with Gasteiger partial charge in [-0.15, -0.1) is 0 Å². The summed E-state index contributed by atoms with van der Waals surface area (Å²) in [7, 11) is 0. The third-order valence-corrected chi connectivity index (χ3v) is 1.90. The van der Waals surface area contributed by atoms with E-state index in [1.54, 1.807) is 12.3 Å². The molecule has 0 aliphatic carbocycles. The Labute approximate surface area is 75.7 Å². The lowest BCUT2D eigenvalue weighted by atomic mass is 10.4. The first kappa shape index (κ1) is 7.68. The van der Waals surface area contributed by atoms with E-state index in [4.69, 9.17) is 16.3 Å². The average Bonchev–Trinajstić information content (AvgIpc) is 2.28. The zero-order chi connectivity index (χ0) is 8.39. The number of hydrogen-bond acceptors (Lipinski definition) is 3. The molecular weight excluding hydrogens is 176 g/mol. The van der Waals surface area contributed by atoms with E-state index in [1.807, 2.05) is 0 Å². The Balaban J connectivity index is 2.36. The average molecular weight is 185 g/mol. The third-order valence-electron chi connectivity index (χ3n) is 1.69. The molecule has 0 unspecified atom stereocenters. The van der Waals surface area contributed by atoms with E-state index in [1.165, 1.54) is 0 Å². The zero-order valence-corrected chi connectivity index (χ0v) is 7.27. The topological polar surface area (TPSA) is 34.1 Å². The SMILES string of the molecule is Clc1cnc2c(c1)OCCCN2. The standard InChI is InChI=1S/C8H9ClN2O/c9-6-4-7-8(11-5-6)10-2-1-3-12-7/h4-5H,1-3H2,(H,10,11). The van der Waals surface area contributed by atoms with E-state index in [2.05, 4.69) is 10.3 Å². The Morgan fingerprint density at radius 3 is 3.42 bits per heavy atom. The Hall–Kier alpha value is -0.960. The van der Waals surface area contributed by atoms with Gasteiger partial charge in [0.05, 0.1) is 11.6 Å². The largest absolute Gasteiger partial charge is 0.490 e. The summed E-state index contributed by atoms with van der Waals surface area (Å²) >= 11 is 5.76. The van der Waals surface area contributed by atoms with Crippen molar-refractivity contribution in [2.75, 3.05) is 18.5 Å². The minimum atomic E-state index is 0.609. The molecule has 2 heterocycles. The van der Waals surface area contributed by atoms with Crippen LogP contribution in [0.1, 0.15) is 6.42 Å². The van der Waals surface area contributed by atoms with Crippen molar-refractivity contribution in [3.8, 4) is 5.75 Å². The summed E-state index contributed by atoms with van der Waals surface area (Å²) in [4.78, 5) is 4.11. The van der Waals surface area contributed by atoms with Crippen LogP contribution in [0.5, 0.6) is 5.75 Å². The van der Waals surface area contributed by atoms with Gasteiger partial charge in [0.2, 0.25) is 0 Å². The first-order valence-electron chi connectivity index (χ1n) is 3.88. The molecule has 1 aromatic heterocycles. The van der Waals surface area contributed by atoms with Gasteiger partial charge in [0, 0.05) is 18.8 Å². The van der Waals surface area contributed by atoms with Gasteiger partial charge in [-0.25, -0.2) is 4.98 Å². The van der Waals surface area contributed by atoms with Gasteiger partial charge in [0.1, 0.15) is 0 Å². The molecule has 0 saturated carbocycles. The Morgan fingerprint density at radius 2 is 2.50 bits per heavy atom. The van der Waals surface area contributed by atoms with Crippen LogP contribution >= 0.6 is 11.6 Å². The van der Waals surface area contributed by atoms with Crippen molar-refractivity contribution < 1.29 is 4.74 Å². The molecule has 1 aliphatic rings. The summed E-state index contributed by atoms with van der Waals surface area (Å²) in [6.07, 6.45) is 2.61.